The lowest BCUT2D eigenvalue weighted by Gasteiger charge is -2.05. The van der Waals surface area contributed by atoms with Crippen molar-refractivity contribution in [1.29, 1.82) is 0 Å². The fourth-order valence-corrected chi connectivity index (χ4v) is 1.68. The molecular weight excluding hydrogens is 256 g/mol. The van der Waals surface area contributed by atoms with Gasteiger partial charge in [0.25, 0.3) is 0 Å². The van der Waals surface area contributed by atoms with Gasteiger partial charge in [0.05, 0.1) is 7.11 Å². The Morgan fingerprint density at radius 2 is 1.75 bits per heavy atom. The molecule has 100 valence electrons. The molecule has 0 saturated heterocycles. The van der Waals surface area contributed by atoms with Crippen LogP contribution in [0.15, 0.2) is 48.9 Å². The fourth-order valence-electron chi connectivity index (χ4n) is 1.68. The minimum absolute atomic E-state index is 0.268. The van der Waals surface area contributed by atoms with Crippen LogP contribution in [0.3, 0.4) is 0 Å². The third-order valence-electron chi connectivity index (χ3n) is 2.64. The van der Waals surface area contributed by atoms with Crippen LogP contribution in [0.25, 0.3) is 11.5 Å². The molecule has 0 aliphatic carbocycles. The number of benzene rings is 1. The van der Waals surface area contributed by atoms with Crippen LogP contribution in [0.5, 0.6) is 17.5 Å². The van der Waals surface area contributed by atoms with Gasteiger partial charge in [0.1, 0.15) is 17.2 Å². The number of aromatic amines is 1. The van der Waals surface area contributed by atoms with Crippen molar-refractivity contribution in [3.05, 3.63) is 48.9 Å². The van der Waals surface area contributed by atoms with Gasteiger partial charge >= 0.3 is 6.01 Å². The van der Waals surface area contributed by atoms with Gasteiger partial charge in [-0.15, -0.1) is 0 Å². The van der Waals surface area contributed by atoms with E-state index in [9.17, 15) is 0 Å². The summed E-state index contributed by atoms with van der Waals surface area (Å²) in [4.78, 5) is 15.5. The molecule has 6 nitrogen and oxygen atoms in total. The smallest absolute Gasteiger partial charge is 0.322 e. The molecule has 2 aromatic heterocycles. The molecule has 6 heteroatoms. The van der Waals surface area contributed by atoms with Crippen LogP contribution in [0.1, 0.15) is 0 Å². The van der Waals surface area contributed by atoms with E-state index in [1.54, 1.807) is 43.9 Å². The summed E-state index contributed by atoms with van der Waals surface area (Å²) < 4.78 is 10.7. The summed E-state index contributed by atoms with van der Waals surface area (Å²) in [5.74, 6) is 2.08. The van der Waals surface area contributed by atoms with E-state index in [1.165, 1.54) is 0 Å². The molecule has 0 spiro atoms. The second-order valence-corrected chi connectivity index (χ2v) is 3.94. The first kappa shape index (κ1) is 12.2. The Morgan fingerprint density at radius 3 is 2.45 bits per heavy atom. The SMILES string of the molecule is COc1ccc(Oc2nccc(-c3ncc[nH]3)n2)cc1. The molecule has 2 heterocycles. The van der Waals surface area contributed by atoms with Crippen molar-refractivity contribution in [2.45, 2.75) is 0 Å². The number of aromatic nitrogens is 4. The largest absolute Gasteiger partial charge is 0.497 e. The molecule has 0 fully saturated rings. The molecule has 0 aliphatic rings. The van der Waals surface area contributed by atoms with E-state index in [0.29, 0.717) is 17.3 Å². The summed E-state index contributed by atoms with van der Waals surface area (Å²) in [6, 6.07) is 9.24. The Balaban J connectivity index is 1.82. The third-order valence-corrected chi connectivity index (χ3v) is 2.64. The Morgan fingerprint density at radius 1 is 0.950 bits per heavy atom. The first-order valence-electron chi connectivity index (χ1n) is 6.00. The van der Waals surface area contributed by atoms with Crippen LogP contribution < -0.4 is 9.47 Å². The second-order valence-electron chi connectivity index (χ2n) is 3.94. The number of hydrogen-bond acceptors (Lipinski definition) is 5. The lowest BCUT2D eigenvalue weighted by Crippen LogP contribution is -1.94. The van der Waals surface area contributed by atoms with Gasteiger partial charge in [-0.2, -0.15) is 4.98 Å². The minimum Gasteiger partial charge on any atom is -0.497 e. The summed E-state index contributed by atoms with van der Waals surface area (Å²) in [7, 11) is 1.62. The van der Waals surface area contributed by atoms with E-state index in [4.69, 9.17) is 9.47 Å². The lowest BCUT2D eigenvalue weighted by atomic mass is 10.3. The quantitative estimate of drug-likeness (QED) is 0.787. The Kier molecular flexibility index (Phi) is 3.28. The zero-order valence-corrected chi connectivity index (χ0v) is 10.8. The Labute approximate surface area is 115 Å². The molecule has 0 aliphatic heterocycles. The molecule has 0 amide bonds. The molecule has 3 aromatic rings. The highest BCUT2D eigenvalue weighted by Crippen LogP contribution is 2.22. The highest BCUT2D eigenvalue weighted by Gasteiger charge is 2.06. The number of imidazole rings is 1. The van der Waals surface area contributed by atoms with Crippen LogP contribution in [0.4, 0.5) is 0 Å². The summed E-state index contributed by atoms with van der Waals surface area (Å²) >= 11 is 0. The maximum atomic E-state index is 5.60. The average Bonchev–Trinajstić information content (AvgIpc) is 3.03. The number of nitrogens with one attached hydrogen (secondary N) is 1. The van der Waals surface area contributed by atoms with Crippen molar-refractivity contribution < 1.29 is 9.47 Å². The van der Waals surface area contributed by atoms with Crippen LogP contribution >= 0.6 is 0 Å². The molecular formula is C14H12N4O2. The van der Waals surface area contributed by atoms with Gasteiger partial charge < -0.3 is 14.5 Å². The van der Waals surface area contributed by atoms with Gasteiger partial charge in [-0.25, -0.2) is 9.97 Å². The van der Waals surface area contributed by atoms with E-state index in [1.807, 2.05) is 12.1 Å². The van der Waals surface area contributed by atoms with Gasteiger partial charge in [-0.1, -0.05) is 0 Å². The lowest BCUT2D eigenvalue weighted by molar-refractivity contribution is 0.410. The van der Waals surface area contributed by atoms with Gasteiger partial charge in [-0.3, -0.25) is 0 Å². The number of H-pyrrole nitrogens is 1. The molecule has 0 unspecified atom stereocenters. The highest BCUT2D eigenvalue weighted by atomic mass is 16.5. The van der Waals surface area contributed by atoms with Crippen molar-refractivity contribution in [3.8, 4) is 29.0 Å². The van der Waals surface area contributed by atoms with E-state index in [2.05, 4.69) is 19.9 Å². The number of rotatable bonds is 4. The number of hydrogen-bond donors (Lipinski definition) is 1. The van der Waals surface area contributed by atoms with Gasteiger partial charge in [0.15, 0.2) is 5.82 Å². The zero-order valence-electron chi connectivity index (χ0n) is 10.8. The number of methoxy groups -OCH3 is 1. The zero-order chi connectivity index (χ0) is 13.8. The predicted octanol–water partition coefficient (Wildman–Crippen LogP) is 2.67. The van der Waals surface area contributed by atoms with Crippen LogP contribution in [-0.2, 0) is 0 Å². The van der Waals surface area contributed by atoms with E-state index in [-0.39, 0.29) is 6.01 Å². The van der Waals surface area contributed by atoms with Crippen molar-refractivity contribution in [2.24, 2.45) is 0 Å². The molecule has 20 heavy (non-hydrogen) atoms. The van der Waals surface area contributed by atoms with Crippen LogP contribution in [0.2, 0.25) is 0 Å². The summed E-state index contributed by atoms with van der Waals surface area (Å²) in [6.45, 7) is 0. The van der Waals surface area contributed by atoms with Crippen molar-refractivity contribution in [3.63, 3.8) is 0 Å². The third kappa shape index (κ3) is 2.59. The average molecular weight is 268 g/mol. The maximum Gasteiger partial charge on any atom is 0.322 e. The van der Waals surface area contributed by atoms with E-state index >= 15 is 0 Å². The summed E-state index contributed by atoms with van der Waals surface area (Å²) in [5, 5.41) is 0. The predicted molar refractivity (Wildman–Crippen MR) is 72.7 cm³/mol. The second kappa shape index (κ2) is 5.40. The molecule has 1 aromatic carbocycles. The van der Waals surface area contributed by atoms with Crippen LogP contribution in [0, 0.1) is 0 Å². The number of nitrogens with zero attached hydrogens (tertiary/aromatic N) is 3. The van der Waals surface area contributed by atoms with Crippen LogP contribution in [-0.4, -0.2) is 27.0 Å². The summed E-state index contributed by atoms with van der Waals surface area (Å²) in [5.41, 5.74) is 0.675. The molecule has 0 bridgehead atoms. The molecule has 0 saturated carbocycles. The first-order chi connectivity index (χ1) is 9.85. The van der Waals surface area contributed by atoms with Crippen molar-refractivity contribution in [1.82, 2.24) is 19.9 Å². The van der Waals surface area contributed by atoms with Gasteiger partial charge in [0, 0.05) is 18.6 Å². The van der Waals surface area contributed by atoms with Gasteiger partial charge in [0.2, 0.25) is 0 Å². The highest BCUT2D eigenvalue weighted by molar-refractivity contribution is 5.48. The van der Waals surface area contributed by atoms with E-state index < -0.39 is 0 Å². The normalized spacial score (nSPS) is 10.2. The molecule has 1 N–H and O–H groups in total. The van der Waals surface area contributed by atoms with Crippen molar-refractivity contribution in [2.75, 3.05) is 7.11 Å². The standard InChI is InChI=1S/C14H12N4O2/c1-19-10-2-4-11(5-3-10)20-14-17-7-6-12(18-14)13-15-8-9-16-13/h2-9H,1H3,(H,15,16). The molecule has 3 rings (SSSR count). The van der Waals surface area contributed by atoms with Crippen molar-refractivity contribution >= 4 is 0 Å². The molecule has 0 radical (unpaired) electrons. The Bertz CT molecular complexity index is 681. The minimum atomic E-state index is 0.268. The molecule has 0 atom stereocenters. The Hall–Kier alpha value is -2.89. The summed E-state index contributed by atoms with van der Waals surface area (Å²) in [6.07, 6.45) is 5.03. The monoisotopic (exact) mass is 268 g/mol. The topological polar surface area (TPSA) is 72.9 Å². The number of ether oxygens (including phenoxy) is 2. The first-order valence-corrected chi connectivity index (χ1v) is 6.00. The maximum absolute atomic E-state index is 5.60. The van der Waals surface area contributed by atoms with E-state index in [0.717, 1.165) is 5.75 Å². The fraction of sp³-hybridized carbons (Fsp3) is 0.0714. The van der Waals surface area contributed by atoms with Gasteiger partial charge in [-0.05, 0) is 30.3 Å².